The lowest BCUT2D eigenvalue weighted by atomic mass is 10.1. The average Bonchev–Trinajstić information content (AvgIpc) is 3.39. The summed E-state index contributed by atoms with van der Waals surface area (Å²) in [6.45, 7) is 5.39. The lowest BCUT2D eigenvalue weighted by Crippen LogP contribution is -2.55. The second kappa shape index (κ2) is 8.14. The number of benzene rings is 1. The van der Waals surface area contributed by atoms with Crippen molar-refractivity contribution < 1.29 is 9.59 Å². The highest BCUT2D eigenvalue weighted by Crippen LogP contribution is 2.19. The number of hydrogen-bond acceptors (Lipinski definition) is 4. The zero-order valence-electron chi connectivity index (χ0n) is 16.3. The van der Waals surface area contributed by atoms with Gasteiger partial charge in [-0.15, -0.1) is 0 Å². The zero-order chi connectivity index (χ0) is 19.5. The fourth-order valence-electron chi connectivity index (χ4n) is 3.54. The molecule has 1 aromatic heterocycles. The summed E-state index contributed by atoms with van der Waals surface area (Å²) in [5.41, 5.74) is 1.82. The summed E-state index contributed by atoms with van der Waals surface area (Å²) < 4.78 is 1.86. The topological polar surface area (TPSA) is 70.5 Å². The van der Waals surface area contributed by atoms with Crippen LogP contribution in [0.5, 0.6) is 0 Å². The molecule has 1 saturated carbocycles. The van der Waals surface area contributed by atoms with E-state index in [1.54, 1.807) is 6.20 Å². The van der Waals surface area contributed by atoms with Gasteiger partial charge in [-0.05, 0) is 43.5 Å². The SMILES string of the molecule is CC(C(=O)NC1CC1)N1CCN(C(=O)c2ccc(Cn3cccn3)cc2)CC1. The molecule has 2 aromatic rings. The summed E-state index contributed by atoms with van der Waals surface area (Å²) in [5, 5.41) is 7.27. The average molecular weight is 381 g/mol. The van der Waals surface area contributed by atoms with Crippen LogP contribution in [-0.2, 0) is 11.3 Å². The lowest BCUT2D eigenvalue weighted by Gasteiger charge is -2.37. The molecule has 2 aliphatic rings. The Labute approximate surface area is 165 Å². The third-order valence-corrected chi connectivity index (χ3v) is 5.56. The van der Waals surface area contributed by atoms with Crippen LogP contribution in [0.1, 0.15) is 35.7 Å². The third-order valence-electron chi connectivity index (χ3n) is 5.56. The number of amides is 2. The van der Waals surface area contributed by atoms with Crippen molar-refractivity contribution in [3.8, 4) is 0 Å². The first-order valence-corrected chi connectivity index (χ1v) is 10.0. The van der Waals surface area contributed by atoms with Gasteiger partial charge in [0.05, 0.1) is 12.6 Å². The van der Waals surface area contributed by atoms with Crippen molar-refractivity contribution in [1.82, 2.24) is 24.9 Å². The summed E-state index contributed by atoms with van der Waals surface area (Å²) in [6, 6.07) is 9.88. The standard InChI is InChI=1S/C21H27N5O2/c1-16(20(27)23-19-7-8-19)24-11-13-25(14-12-24)21(28)18-5-3-17(4-6-18)15-26-10-2-9-22-26/h2-6,9-10,16,19H,7-8,11-15H2,1H3,(H,23,27). The molecule has 0 bridgehead atoms. The van der Waals surface area contributed by atoms with Gasteiger partial charge < -0.3 is 10.2 Å². The molecule has 0 spiro atoms. The normalized spacial score (nSPS) is 18.7. The Kier molecular flexibility index (Phi) is 5.43. The highest BCUT2D eigenvalue weighted by atomic mass is 16.2. The van der Waals surface area contributed by atoms with E-state index in [2.05, 4.69) is 15.3 Å². The molecular formula is C21H27N5O2. The van der Waals surface area contributed by atoms with Gasteiger partial charge in [-0.3, -0.25) is 19.2 Å². The molecule has 1 unspecified atom stereocenters. The van der Waals surface area contributed by atoms with Crippen molar-refractivity contribution in [3.05, 3.63) is 53.9 Å². The van der Waals surface area contributed by atoms with E-state index in [0.717, 1.165) is 31.5 Å². The number of nitrogens with zero attached hydrogens (tertiary/aromatic N) is 4. The molecule has 1 aliphatic carbocycles. The maximum absolute atomic E-state index is 12.8. The fraction of sp³-hybridized carbons (Fsp3) is 0.476. The lowest BCUT2D eigenvalue weighted by molar-refractivity contribution is -0.126. The van der Waals surface area contributed by atoms with Gasteiger partial charge in [-0.2, -0.15) is 5.10 Å². The maximum Gasteiger partial charge on any atom is 0.253 e. The monoisotopic (exact) mass is 381 g/mol. The Balaban J connectivity index is 1.29. The quantitative estimate of drug-likeness (QED) is 0.820. The summed E-state index contributed by atoms with van der Waals surface area (Å²) in [6.07, 6.45) is 5.88. The molecule has 7 heteroatoms. The minimum Gasteiger partial charge on any atom is -0.352 e. The van der Waals surface area contributed by atoms with Crippen LogP contribution in [0.15, 0.2) is 42.7 Å². The van der Waals surface area contributed by atoms with E-state index in [4.69, 9.17) is 0 Å². The number of aromatic nitrogens is 2. The van der Waals surface area contributed by atoms with E-state index in [0.29, 0.717) is 31.2 Å². The number of hydrogen-bond donors (Lipinski definition) is 1. The summed E-state index contributed by atoms with van der Waals surface area (Å²) in [7, 11) is 0. The smallest absolute Gasteiger partial charge is 0.253 e. The molecule has 1 N–H and O–H groups in total. The molecule has 1 atom stereocenters. The number of nitrogens with one attached hydrogen (secondary N) is 1. The molecule has 4 rings (SSSR count). The second-order valence-electron chi connectivity index (χ2n) is 7.69. The summed E-state index contributed by atoms with van der Waals surface area (Å²) >= 11 is 0. The Bertz CT molecular complexity index is 806. The Morgan fingerprint density at radius 2 is 1.86 bits per heavy atom. The minimum absolute atomic E-state index is 0.0559. The van der Waals surface area contributed by atoms with Crippen LogP contribution in [0.2, 0.25) is 0 Å². The molecule has 2 fully saturated rings. The van der Waals surface area contributed by atoms with E-state index < -0.39 is 0 Å². The van der Waals surface area contributed by atoms with Crippen LogP contribution in [0.3, 0.4) is 0 Å². The van der Waals surface area contributed by atoms with Gasteiger partial charge in [0.15, 0.2) is 0 Å². The molecular weight excluding hydrogens is 354 g/mol. The Hall–Kier alpha value is -2.67. The Morgan fingerprint density at radius 3 is 2.46 bits per heavy atom. The van der Waals surface area contributed by atoms with E-state index in [1.165, 1.54) is 0 Å². The number of piperazine rings is 1. The summed E-state index contributed by atoms with van der Waals surface area (Å²) in [4.78, 5) is 29.1. The number of rotatable bonds is 6. The molecule has 1 aromatic carbocycles. The van der Waals surface area contributed by atoms with Crippen molar-refractivity contribution in [2.24, 2.45) is 0 Å². The van der Waals surface area contributed by atoms with Crippen LogP contribution >= 0.6 is 0 Å². The zero-order valence-corrected chi connectivity index (χ0v) is 16.3. The molecule has 1 aliphatic heterocycles. The molecule has 7 nitrogen and oxygen atoms in total. The van der Waals surface area contributed by atoms with Crippen molar-refractivity contribution >= 4 is 11.8 Å². The third kappa shape index (κ3) is 4.42. The van der Waals surface area contributed by atoms with Crippen LogP contribution in [0.25, 0.3) is 0 Å². The van der Waals surface area contributed by atoms with E-state index >= 15 is 0 Å². The van der Waals surface area contributed by atoms with Gasteiger partial charge in [0.1, 0.15) is 0 Å². The van der Waals surface area contributed by atoms with Crippen LogP contribution < -0.4 is 5.32 Å². The fourth-order valence-corrected chi connectivity index (χ4v) is 3.54. The number of carbonyl (C=O) groups is 2. The Morgan fingerprint density at radius 1 is 1.14 bits per heavy atom. The van der Waals surface area contributed by atoms with Gasteiger partial charge in [0.2, 0.25) is 5.91 Å². The van der Waals surface area contributed by atoms with E-state index in [9.17, 15) is 9.59 Å². The second-order valence-corrected chi connectivity index (χ2v) is 7.69. The molecule has 2 amide bonds. The first-order chi connectivity index (χ1) is 13.6. The molecule has 2 heterocycles. The van der Waals surface area contributed by atoms with Crippen LogP contribution in [-0.4, -0.2) is 69.7 Å². The number of carbonyl (C=O) groups excluding carboxylic acids is 2. The van der Waals surface area contributed by atoms with E-state index in [-0.39, 0.29) is 17.9 Å². The van der Waals surface area contributed by atoms with Gasteiger partial charge in [0.25, 0.3) is 5.91 Å². The predicted molar refractivity (Wildman–Crippen MR) is 106 cm³/mol. The summed E-state index contributed by atoms with van der Waals surface area (Å²) in [5.74, 6) is 0.162. The van der Waals surface area contributed by atoms with Gasteiger partial charge in [0, 0.05) is 50.2 Å². The van der Waals surface area contributed by atoms with Crippen molar-refractivity contribution in [2.75, 3.05) is 26.2 Å². The highest BCUT2D eigenvalue weighted by molar-refractivity contribution is 5.94. The minimum atomic E-state index is -0.139. The first kappa shape index (κ1) is 18.7. The molecule has 0 radical (unpaired) electrons. The van der Waals surface area contributed by atoms with Gasteiger partial charge >= 0.3 is 0 Å². The van der Waals surface area contributed by atoms with Crippen molar-refractivity contribution in [1.29, 1.82) is 0 Å². The molecule has 1 saturated heterocycles. The van der Waals surface area contributed by atoms with Crippen molar-refractivity contribution in [3.63, 3.8) is 0 Å². The highest BCUT2D eigenvalue weighted by Gasteiger charge is 2.31. The van der Waals surface area contributed by atoms with E-state index in [1.807, 2.05) is 53.0 Å². The predicted octanol–water partition coefficient (Wildman–Crippen LogP) is 1.36. The first-order valence-electron chi connectivity index (χ1n) is 10.0. The van der Waals surface area contributed by atoms with Gasteiger partial charge in [-0.1, -0.05) is 12.1 Å². The van der Waals surface area contributed by atoms with Crippen LogP contribution in [0, 0.1) is 0 Å². The van der Waals surface area contributed by atoms with Crippen LogP contribution in [0.4, 0.5) is 0 Å². The van der Waals surface area contributed by atoms with Gasteiger partial charge in [-0.25, -0.2) is 0 Å². The largest absolute Gasteiger partial charge is 0.352 e. The molecule has 148 valence electrons. The van der Waals surface area contributed by atoms with Crippen molar-refractivity contribution in [2.45, 2.75) is 38.4 Å². The maximum atomic E-state index is 12.8. The molecule has 28 heavy (non-hydrogen) atoms.